The van der Waals surface area contributed by atoms with E-state index < -0.39 is 0 Å². The number of ketones is 1. The first-order valence-electron chi connectivity index (χ1n) is 10.5. The number of hydrogen-bond donors (Lipinski definition) is 1. The molecule has 30 heavy (non-hydrogen) atoms. The third-order valence-corrected chi connectivity index (χ3v) is 5.86. The van der Waals surface area contributed by atoms with Gasteiger partial charge in [-0.3, -0.25) is 9.59 Å². The van der Waals surface area contributed by atoms with Crippen molar-refractivity contribution in [2.45, 2.75) is 44.4 Å². The van der Waals surface area contributed by atoms with E-state index >= 15 is 0 Å². The predicted octanol–water partition coefficient (Wildman–Crippen LogP) is 4.49. The maximum Gasteiger partial charge on any atom is 0.225 e. The summed E-state index contributed by atoms with van der Waals surface area (Å²) in [5.74, 6) is 1.05. The molecule has 2 aromatic rings. The Morgan fingerprint density at radius 2 is 1.80 bits per heavy atom. The molecule has 0 saturated carbocycles. The van der Waals surface area contributed by atoms with E-state index in [4.69, 9.17) is 9.47 Å². The topological polar surface area (TPSA) is 64.6 Å². The minimum atomic E-state index is -0.320. The van der Waals surface area contributed by atoms with Gasteiger partial charge in [-0.25, -0.2) is 0 Å². The van der Waals surface area contributed by atoms with E-state index in [1.165, 1.54) is 0 Å². The van der Waals surface area contributed by atoms with Crippen LogP contribution in [0.4, 0.5) is 0 Å². The van der Waals surface area contributed by atoms with Crippen molar-refractivity contribution < 1.29 is 19.1 Å². The second-order valence-corrected chi connectivity index (χ2v) is 7.86. The fourth-order valence-corrected chi connectivity index (χ4v) is 4.51. The van der Waals surface area contributed by atoms with Crippen LogP contribution < -0.4 is 14.8 Å². The Bertz CT molecular complexity index is 980. The van der Waals surface area contributed by atoms with Crippen LogP contribution in [0.2, 0.25) is 0 Å². The zero-order valence-corrected chi connectivity index (χ0v) is 17.4. The third-order valence-electron chi connectivity index (χ3n) is 5.86. The molecule has 5 heteroatoms. The molecule has 156 valence electrons. The number of para-hydroxylation sites is 1. The van der Waals surface area contributed by atoms with Crippen molar-refractivity contribution in [2.24, 2.45) is 0 Å². The van der Waals surface area contributed by atoms with Crippen LogP contribution in [-0.2, 0) is 9.59 Å². The SMILES string of the molecule is CCCOc1c(OC)cccc1C1CC(=O)NC2=C1C(=O)CC(c1ccccc1)C2. The summed E-state index contributed by atoms with van der Waals surface area (Å²) >= 11 is 0. The van der Waals surface area contributed by atoms with E-state index in [1.54, 1.807) is 7.11 Å². The average Bonchev–Trinajstić information content (AvgIpc) is 2.77. The Balaban J connectivity index is 1.75. The predicted molar refractivity (Wildman–Crippen MR) is 115 cm³/mol. The summed E-state index contributed by atoms with van der Waals surface area (Å²) in [6.45, 7) is 2.58. The molecule has 0 spiro atoms. The Kier molecular flexibility index (Phi) is 5.88. The van der Waals surface area contributed by atoms with E-state index in [2.05, 4.69) is 5.32 Å². The molecule has 4 rings (SSSR count). The molecule has 0 aromatic heterocycles. The van der Waals surface area contributed by atoms with Gasteiger partial charge in [-0.1, -0.05) is 49.4 Å². The van der Waals surface area contributed by atoms with Crippen LogP contribution in [0, 0.1) is 0 Å². The largest absolute Gasteiger partial charge is 0.493 e. The lowest BCUT2D eigenvalue weighted by Gasteiger charge is -2.35. The third kappa shape index (κ3) is 3.84. The summed E-state index contributed by atoms with van der Waals surface area (Å²) in [4.78, 5) is 25.9. The number of hydrogen-bond acceptors (Lipinski definition) is 4. The number of benzene rings is 2. The van der Waals surface area contributed by atoms with Crippen LogP contribution in [-0.4, -0.2) is 25.4 Å². The summed E-state index contributed by atoms with van der Waals surface area (Å²) in [6, 6.07) is 15.7. The molecule has 0 bridgehead atoms. The molecule has 1 N–H and O–H groups in total. The molecule has 2 aromatic carbocycles. The standard InChI is InChI=1S/C25H27NO4/c1-3-12-30-25-18(10-7-11-22(25)29-2)19-15-23(28)26-20-13-17(14-21(27)24(19)20)16-8-5-4-6-9-16/h4-11,17,19H,3,12-15H2,1-2H3,(H,26,28). The molecule has 2 atom stereocenters. The number of nitrogens with one attached hydrogen (secondary N) is 1. The van der Waals surface area contributed by atoms with Gasteiger partial charge in [-0.05, 0) is 30.4 Å². The van der Waals surface area contributed by atoms with E-state index in [0.29, 0.717) is 30.9 Å². The Hall–Kier alpha value is -3.08. The number of carbonyl (C=O) groups is 2. The zero-order chi connectivity index (χ0) is 21.1. The van der Waals surface area contributed by atoms with Gasteiger partial charge in [0.1, 0.15) is 0 Å². The van der Waals surface area contributed by atoms with Gasteiger partial charge >= 0.3 is 0 Å². The smallest absolute Gasteiger partial charge is 0.225 e. The highest BCUT2D eigenvalue weighted by Gasteiger charge is 2.39. The molecule has 1 heterocycles. The first kappa shape index (κ1) is 20.2. The summed E-state index contributed by atoms with van der Waals surface area (Å²) in [7, 11) is 1.60. The molecular weight excluding hydrogens is 378 g/mol. The van der Waals surface area contributed by atoms with Gasteiger partial charge in [-0.2, -0.15) is 0 Å². The van der Waals surface area contributed by atoms with Crippen molar-refractivity contribution in [3.05, 3.63) is 70.9 Å². The second-order valence-electron chi connectivity index (χ2n) is 7.86. The number of rotatable bonds is 6. The first-order valence-corrected chi connectivity index (χ1v) is 10.5. The van der Waals surface area contributed by atoms with Gasteiger partial charge in [0.2, 0.25) is 5.91 Å². The van der Waals surface area contributed by atoms with Crippen molar-refractivity contribution in [1.82, 2.24) is 5.32 Å². The Labute approximate surface area is 177 Å². The zero-order valence-electron chi connectivity index (χ0n) is 17.4. The summed E-state index contributed by atoms with van der Waals surface area (Å²) < 4.78 is 11.5. The van der Waals surface area contributed by atoms with E-state index in [1.807, 2.05) is 55.5 Å². The second kappa shape index (κ2) is 8.74. The van der Waals surface area contributed by atoms with Gasteiger partial charge in [0, 0.05) is 35.6 Å². The van der Waals surface area contributed by atoms with Crippen LogP contribution in [0.15, 0.2) is 59.8 Å². The van der Waals surface area contributed by atoms with Crippen molar-refractivity contribution in [2.75, 3.05) is 13.7 Å². The first-order chi connectivity index (χ1) is 14.6. The fourth-order valence-electron chi connectivity index (χ4n) is 4.51. The molecule has 5 nitrogen and oxygen atoms in total. The monoisotopic (exact) mass is 405 g/mol. The van der Waals surface area contributed by atoms with Gasteiger partial charge in [0.25, 0.3) is 0 Å². The number of carbonyl (C=O) groups excluding carboxylic acids is 2. The normalized spacial score (nSPS) is 21.1. The summed E-state index contributed by atoms with van der Waals surface area (Å²) in [6.07, 6.45) is 2.19. The lowest BCUT2D eigenvalue weighted by Crippen LogP contribution is -2.38. The van der Waals surface area contributed by atoms with Crippen LogP contribution in [0.25, 0.3) is 0 Å². The molecule has 0 saturated heterocycles. The van der Waals surface area contributed by atoms with Gasteiger partial charge in [0.15, 0.2) is 17.3 Å². The average molecular weight is 405 g/mol. The molecule has 0 fully saturated rings. The van der Waals surface area contributed by atoms with Crippen LogP contribution in [0.3, 0.4) is 0 Å². The van der Waals surface area contributed by atoms with Crippen LogP contribution in [0.1, 0.15) is 55.6 Å². The number of allylic oxidation sites excluding steroid dienone is 2. The highest BCUT2D eigenvalue weighted by Crippen LogP contribution is 2.46. The van der Waals surface area contributed by atoms with Crippen LogP contribution >= 0.6 is 0 Å². The molecular formula is C25H27NO4. The number of ether oxygens (including phenoxy) is 2. The van der Waals surface area contributed by atoms with Crippen molar-refractivity contribution in [1.29, 1.82) is 0 Å². The highest BCUT2D eigenvalue weighted by molar-refractivity contribution is 6.02. The minimum absolute atomic E-state index is 0.0653. The highest BCUT2D eigenvalue weighted by atomic mass is 16.5. The Morgan fingerprint density at radius 1 is 1.00 bits per heavy atom. The van der Waals surface area contributed by atoms with Gasteiger partial charge < -0.3 is 14.8 Å². The van der Waals surface area contributed by atoms with Crippen molar-refractivity contribution >= 4 is 11.7 Å². The van der Waals surface area contributed by atoms with E-state index in [9.17, 15) is 9.59 Å². The van der Waals surface area contributed by atoms with Gasteiger partial charge in [0.05, 0.1) is 13.7 Å². The van der Waals surface area contributed by atoms with E-state index in [-0.39, 0.29) is 29.9 Å². The maximum atomic E-state index is 13.3. The molecule has 1 amide bonds. The molecule has 1 aliphatic heterocycles. The number of Topliss-reactive ketones (excluding diaryl/α,β-unsaturated/α-hetero) is 1. The number of methoxy groups -OCH3 is 1. The van der Waals surface area contributed by atoms with E-state index in [0.717, 1.165) is 28.8 Å². The van der Waals surface area contributed by atoms with Crippen molar-refractivity contribution in [3.63, 3.8) is 0 Å². The molecule has 2 aliphatic rings. The molecule has 1 aliphatic carbocycles. The Morgan fingerprint density at radius 3 is 2.53 bits per heavy atom. The lowest BCUT2D eigenvalue weighted by atomic mass is 9.73. The van der Waals surface area contributed by atoms with Gasteiger partial charge in [-0.15, -0.1) is 0 Å². The molecule has 2 unspecified atom stereocenters. The quantitative estimate of drug-likeness (QED) is 0.769. The fraction of sp³-hybridized carbons (Fsp3) is 0.360. The lowest BCUT2D eigenvalue weighted by molar-refractivity contribution is -0.122. The van der Waals surface area contributed by atoms with Crippen molar-refractivity contribution in [3.8, 4) is 11.5 Å². The number of amides is 1. The maximum absolute atomic E-state index is 13.3. The van der Waals surface area contributed by atoms with Crippen LogP contribution in [0.5, 0.6) is 11.5 Å². The minimum Gasteiger partial charge on any atom is -0.493 e. The summed E-state index contributed by atoms with van der Waals surface area (Å²) in [5.41, 5.74) is 3.45. The molecule has 0 radical (unpaired) electrons. The summed E-state index contributed by atoms with van der Waals surface area (Å²) in [5, 5.41) is 2.99.